The number of piperidine rings is 1. The third-order valence-electron chi connectivity index (χ3n) is 4.82. The van der Waals surface area contributed by atoms with E-state index in [0.717, 1.165) is 12.1 Å². The van der Waals surface area contributed by atoms with Crippen molar-refractivity contribution in [2.45, 2.75) is 64.5 Å². The van der Waals surface area contributed by atoms with E-state index in [1.54, 1.807) is 0 Å². The summed E-state index contributed by atoms with van der Waals surface area (Å²) >= 11 is 0. The first-order chi connectivity index (χ1) is 9.25. The van der Waals surface area contributed by atoms with Crippen molar-refractivity contribution in [1.82, 2.24) is 15.1 Å². The van der Waals surface area contributed by atoms with Crippen molar-refractivity contribution in [2.24, 2.45) is 0 Å². The van der Waals surface area contributed by atoms with Crippen molar-refractivity contribution in [3.8, 4) is 0 Å². The number of hydrogen-bond donors (Lipinski definition) is 1. The van der Waals surface area contributed by atoms with Gasteiger partial charge in [-0.05, 0) is 65.7 Å². The summed E-state index contributed by atoms with van der Waals surface area (Å²) in [5, 5.41) is 3.78. The number of likely N-dealkylation sites (tertiary alicyclic amines) is 2. The van der Waals surface area contributed by atoms with Crippen LogP contribution in [0.15, 0.2) is 0 Å². The smallest absolute Gasteiger partial charge is 0.0107 e. The predicted octanol–water partition coefficient (Wildman–Crippen LogP) is 2.32. The van der Waals surface area contributed by atoms with Crippen molar-refractivity contribution in [3.05, 3.63) is 0 Å². The van der Waals surface area contributed by atoms with E-state index in [2.05, 4.69) is 29.0 Å². The molecule has 2 aliphatic heterocycles. The average molecular weight is 267 g/mol. The second-order valence-corrected chi connectivity index (χ2v) is 6.61. The van der Waals surface area contributed by atoms with E-state index in [1.165, 1.54) is 77.8 Å². The highest BCUT2D eigenvalue weighted by Crippen LogP contribution is 2.13. The maximum absolute atomic E-state index is 3.78. The fourth-order valence-corrected chi connectivity index (χ4v) is 3.41. The standard InChI is InChI=1S/C16H33N3/c1-15(2)19-12-7-16(8-13-19)17-9-14-18-10-5-3-4-6-11-18/h15-17H,3-14H2,1-2H3. The van der Waals surface area contributed by atoms with Crippen LogP contribution in [0.2, 0.25) is 0 Å². The Hall–Kier alpha value is -0.120. The largest absolute Gasteiger partial charge is 0.313 e. The Morgan fingerprint density at radius 3 is 2.16 bits per heavy atom. The van der Waals surface area contributed by atoms with Crippen LogP contribution in [0.5, 0.6) is 0 Å². The third-order valence-corrected chi connectivity index (χ3v) is 4.82. The Morgan fingerprint density at radius 2 is 1.58 bits per heavy atom. The van der Waals surface area contributed by atoms with Gasteiger partial charge in [-0.15, -0.1) is 0 Å². The lowest BCUT2D eigenvalue weighted by molar-refractivity contribution is 0.159. The molecule has 0 atom stereocenters. The molecule has 0 aromatic heterocycles. The minimum Gasteiger partial charge on any atom is -0.313 e. The van der Waals surface area contributed by atoms with E-state index in [4.69, 9.17) is 0 Å². The molecule has 0 unspecified atom stereocenters. The van der Waals surface area contributed by atoms with Gasteiger partial charge in [0.25, 0.3) is 0 Å². The lowest BCUT2D eigenvalue weighted by Crippen LogP contribution is -2.46. The molecule has 0 aromatic carbocycles. The van der Waals surface area contributed by atoms with Crippen molar-refractivity contribution < 1.29 is 0 Å². The summed E-state index contributed by atoms with van der Waals surface area (Å²) in [6, 6.07) is 1.49. The Labute approximate surface area is 119 Å². The van der Waals surface area contributed by atoms with Crippen molar-refractivity contribution in [3.63, 3.8) is 0 Å². The third kappa shape index (κ3) is 5.41. The molecule has 2 rings (SSSR count). The van der Waals surface area contributed by atoms with Crippen LogP contribution in [-0.4, -0.2) is 61.2 Å². The Balaban J connectivity index is 1.56. The van der Waals surface area contributed by atoms with Crippen LogP contribution < -0.4 is 5.32 Å². The van der Waals surface area contributed by atoms with Crippen LogP contribution in [0.1, 0.15) is 52.4 Å². The maximum Gasteiger partial charge on any atom is 0.0107 e. The monoisotopic (exact) mass is 267 g/mol. The van der Waals surface area contributed by atoms with Crippen LogP contribution in [0.4, 0.5) is 0 Å². The minimum absolute atomic E-state index is 0.720. The number of nitrogens with one attached hydrogen (secondary N) is 1. The average Bonchev–Trinajstić information content (AvgIpc) is 2.68. The van der Waals surface area contributed by atoms with Gasteiger partial charge < -0.3 is 15.1 Å². The van der Waals surface area contributed by atoms with E-state index in [9.17, 15) is 0 Å². The lowest BCUT2D eigenvalue weighted by Gasteiger charge is -2.35. The van der Waals surface area contributed by atoms with Gasteiger partial charge in [0.1, 0.15) is 0 Å². The molecule has 3 nitrogen and oxygen atoms in total. The van der Waals surface area contributed by atoms with E-state index < -0.39 is 0 Å². The predicted molar refractivity (Wildman–Crippen MR) is 82.6 cm³/mol. The van der Waals surface area contributed by atoms with Crippen LogP contribution in [0, 0.1) is 0 Å². The second kappa shape index (κ2) is 8.23. The van der Waals surface area contributed by atoms with Crippen LogP contribution in [0.3, 0.4) is 0 Å². The fraction of sp³-hybridized carbons (Fsp3) is 1.00. The van der Waals surface area contributed by atoms with Gasteiger partial charge in [0.05, 0.1) is 0 Å². The first-order valence-electron chi connectivity index (χ1n) is 8.45. The molecule has 0 aromatic rings. The highest BCUT2D eigenvalue weighted by Gasteiger charge is 2.20. The molecule has 19 heavy (non-hydrogen) atoms. The molecular weight excluding hydrogens is 234 g/mol. The quantitative estimate of drug-likeness (QED) is 0.825. The van der Waals surface area contributed by atoms with Gasteiger partial charge in [0.15, 0.2) is 0 Å². The van der Waals surface area contributed by atoms with Crippen molar-refractivity contribution in [2.75, 3.05) is 39.3 Å². The summed E-state index contributed by atoms with van der Waals surface area (Å²) in [7, 11) is 0. The molecule has 112 valence electrons. The highest BCUT2D eigenvalue weighted by molar-refractivity contribution is 4.79. The normalized spacial score (nSPS) is 24.8. The zero-order chi connectivity index (χ0) is 13.5. The summed E-state index contributed by atoms with van der Waals surface area (Å²) in [5.41, 5.74) is 0. The number of rotatable bonds is 5. The molecule has 0 spiro atoms. The highest BCUT2D eigenvalue weighted by atomic mass is 15.2. The maximum atomic E-state index is 3.78. The van der Waals surface area contributed by atoms with E-state index in [0.29, 0.717) is 0 Å². The molecule has 2 saturated heterocycles. The first kappa shape index (κ1) is 15.3. The summed E-state index contributed by atoms with van der Waals surface area (Å²) < 4.78 is 0. The van der Waals surface area contributed by atoms with Gasteiger partial charge >= 0.3 is 0 Å². The van der Waals surface area contributed by atoms with Crippen LogP contribution in [0.25, 0.3) is 0 Å². The van der Waals surface area contributed by atoms with Gasteiger partial charge in [0, 0.05) is 25.2 Å². The fourth-order valence-electron chi connectivity index (χ4n) is 3.41. The van der Waals surface area contributed by atoms with E-state index >= 15 is 0 Å². The Kier molecular flexibility index (Phi) is 6.62. The number of nitrogens with zero attached hydrogens (tertiary/aromatic N) is 2. The molecule has 0 bridgehead atoms. The summed E-state index contributed by atoms with van der Waals surface area (Å²) in [5.74, 6) is 0. The van der Waals surface area contributed by atoms with E-state index in [-0.39, 0.29) is 0 Å². The van der Waals surface area contributed by atoms with Gasteiger partial charge in [-0.2, -0.15) is 0 Å². The topological polar surface area (TPSA) is 18.5 Å². The van der Waals surface area contributed by atoms with Gasteiger partial charge in [-0.3, -0.25) is 0 Å². The molecule has 2 heterocycles. The minimum atomic E-state index is 0.720. The Morgan fingerprint density at radius 1 is 0.947 bits per heavy atom. The van der Waals surface area contributed by atoms with Crippen molar-refractivity contribution in [1.29, 1.82) is 0 Å². The van der Waals surface area contributed by atoms with Gasteiger partial charge in [0.2, 0.25) is 0 Å². The van der Waals surface area contributed by atoms with Crippen LogP contribution in [-0.2, 0) is 0 Å². The van der Waals surface area contributed by atoms with Crippen LogP contribution >= 0.6 is 0 Å². The zero-order valence-corrected chi connectivity index (χ0v) is 13.0. The molecule has 2 fully saturated rings. The molecule has 0 amide bonds. The van der Waals surface area contributed by atoms with Gasteiger partial charge in [-0.1, -0.05) is 12.8 Å². The molecular formula is C16H33N3. The Bertz CT molecular complexity index is 226. The van der Waals surface area contributed by atoms with Crippen molar-refractivity contribution >= 4 is 0 Å². The lowest BCUT2D eigenvalue weighted by atomic mass is 10.0. The molecule has 3 heteroatoms. The SMILES string of the molecule is CC(C)N1CCC(NCCN2CCCCCC2)CC1. The van der Waals surface area contributed by atoms with Gasteiger partial charge in [-0.25, -0.2) is 0 Å². The molecule has 0 saturated carbocycles. The summed E-state index contributed by atoms with van der Waals surface area (Å²) in [4.78, 5) is 5.26. The summed E-state index contributed by atoms with van der Waals surface area (Å²) in [6.45, 7) is 12.3. The molecule has 1 N–H and O–H groups in total. The van der Waals surface area contributed by atoms with E-state index in [1.807, 2.05) is 0 Å². The number of hydrogen-bond acceptors (Lipinski definition) is 3. The second-order valence-electron chi connectivity index (χ2n) is 6.61. The molecule has 0 radical (unpaired) electrons. The summed E-state index contributed by atoms with van der Waals surface area (Å²) in [6.07, 6.45) is 8.37. The first-order valence-corrected chi connectivity index (χ1v) is 8.45. The molecule has 0 aliphatic carbocycles. The molecule has 2 aliphatic rings. The zero-order valence-electron chi connectivity index (χ0n) is 13.0.